The number of nitro groups is 1. The van der Waals surface area contributed by atoms with Crippen molar-refractivity contribution in [2.75, 3.05) is 11.1 Å². The molecule has 0 fully saturated rings. The fraction of sp³-hybridized carbons (Fsp3) is 0.250. The summed E-state index contributed by atoms with van der Waals surface area (Å²) in [6.07, 6.45) is 0.586. The number of anilines is 2. The Morgan fingerprint density at radius 3 is 2.73 bits per heavy atom. The molecule has 10 heteroatoms. The molecular weight excluding hydrogens is 312 g/mol. The van der Waals surface area contributed by atoms with Crippen molar-refractivity contribution in [3.63, 3.8) is 0 Å². The molecule has 2 heterocycles. The van der Waals surface area contributed by atoms with Crippen molar-refractivity contribution in [3.05, 3.63) is 38.7 Å². The summed E-state index contributed by atoms with van der Waals surface area (Å²) < 4.78 is 1.37. The van der Waals surface area contributed by atoms with E-state index >= 15 is 0 Å². The highest BCUT2D eigenvalue weighted by molar-refractivity contribution is 6.34. The fourth-order valence-corrected chi connectivity index (χ4v) is 2.27. The quantitative estimate of drug-likeness (QED) is 0.651. The average Bonchev–Trinajstić information content (AvgIpc) is 2.72. The Labute approximate surface area is 130 Å². The standard InChI is InChI=1S/C12H13ClN6O3/c1-3-6-9(13)10(18(2)17-6)12(20)16-8-5-4-7(19(21)22)11(14)15-8/h4-5H,3H2,1-2H3,(H3,14,15,16,20). The van der Waals surface area contributed by atoms with E-state index in [0.717, 1.165) is 0 Å². The summed E-state index contributed by atoms with van der Waals surface area (Å²) >= 11 is 6.11. The maximum atomic E-state index is 12.2. The predicted molar refractivity (Wildman–Crippen MR) is 80.9 cm³/mol. The Morgan fingerprint density at radius 1 is 1.55 bits per heavy atom. The van der Waals surface area contributed by atoms with E-state index in [0.29, 0.717) is 12.1 Å². The number of nitrogens with two attached hydrogens (primary N) is 1. The lowest BCUT2D eigenvalue weighted by Gasteiger charge is -2.06. The Hall–Kier alpha value is -2.68. The minimum Gasteiger partial charge on any atom is -0.378 e. The first-order valence-corrected chi connectivity index (χ1v) is 6.66. The second-order valence-corrected chi connectivity index (χ2v) is 4.78. The Morgan fingerprint density at radius 2 is 2.23 bits per heavy atom. The number of carbonyl (C=O) groups is 1. The first-order valence-electron chi connectivity index (χ1n) is 6.28. The normalized spacial score (nSPS) is 10.5. The number of rotatable bonds is 4. The largest absolute Gasteiger partial charge is 0.378 e. The Balaban J connectivity index is 2.28. The predicted octanol–water partition coefficient (Wildman–Crippen LogP) is 1.77. The van der Waals surface area contributed by atoms with E-state index in [2.05, 4.69) is 15.4 Å². The number of amides is 1. The number of halogens is 1. The molecule has 0 saturated carbocycles. The third-order valence-electron chi connectivity index (χ3n) is 2.95. The Kier molecular flexibility index (Phi) is 4.27. The lowest BCUT2D eigenvalue weighted by atomic mass is 10.3. The first-order chi connectivity index (χ1) is 10.3. The van der Waals surface area contributed by atoms with Gasteiger partial charge in [0.2, 0.25) is 5.82 Å². The van der Waals surface area contributed by atoms with Gasteiger partial charge in [0.05, 0.1) is 15.6 Å². The molecule has 1 amide bonds. The summed E-state index contributed by atoms with van der Waals surface area (Å²) in [4.78, 5) is 26.0. The van der Waals surface area contributed by atoms with Gasteiger partial charge >= 0.3 is 5.69 Å². The highest BCUT2D eigenvalue weighted by Gasteiger charge is 2.21. The van der Waals surface area contributed by atoms with Crippen molar-refractivity contribution in [1.29, 1.82) is 0 Å². The zero-order valence-electron chi connectivity index (χ0n) is 11.8. The van der Waals surface area contributed by atoms with Gasteiger partial charge in [-0.3, -0.25) is 19.6 Å². The van der Waals surface area contributed by atoms with Crippen LogP contribution in [0.15, 0.2) is 12.1 Å². The molecule has 0 unspecified atom stereocenters. The average molecular weight is 325 g/mol. The van der Waals surface area contributed by atoms with Crippen LogP contribution in [0.4, 0.5) is 17.3 Å². The van der Waals surface area contributed by atoms with Gasteiger partial charge in [0, 0.05) is 13.1 Å². The molecule has 2 aromatic heterocycles. The number of hydrogen-bond acceptors (Lipinski definition) is 6. The van der Waals surface area contributed by atoms with Gasteiger partial charge in [-0.1, -0.05) is 18.5 Å². The molecule has 0 bridgehead atoms. The van der Waals surface area contributed by atoms with Crippen molar-refractivity contribution in [2.24, 2.45) is 7.05 Å². The van der Waals surface area contributed by atoms with E-state index in [4.69, 9.17) is 17.3 Å². The molecule has 0 aliphatic heterocycles. The molecule has 0 atom stereocenters. The summed E-state index contributed by atoms with van der Waals surface area (Å²) in [5, 5.41) is 17.6. The summed E-state index contributed by atoms with van der Waals surface area (Å²) in [5.41, 5.74) is 5.93. The van der Waals surface area contributed by atoms with Crippen LogP contribution in [0.1, 0.15) is 23.1 Å². The molecule has 2 rings (SSSR count). The molecule has 116 valence electrons. The van der Waals surface area contributed by atoms with E-state index in [1.54, 1.807) is 7.05 Å². The zero-order valence-corrected chi connectivity index (χ0v) is 12.6. The van der Waals surface area contributed by atoms with E-state index in [9.17, 15) is 14.9 Å². The number of carbonyl (C=O) groups excluding carboxylic acids is 1. The van der Waals surface area contributed by atoms with Crippen LogP contribution in [0.2, 0.25) is 5.02 Å². The summed E-state index contributed by atoms with van der Waals surface area (Å²) in [7, 11) is 1.59. The van der Waals surface area contributed by atoms with Crippen LogP contribution in [-0.2, 0) is 13.5 Å². The van der Waals surface area contributed by atoms with Crippen molar-refractivity contribution in [1.82, 2.24) is 14.8 Å². The number of aromatic nitrogens is 3. The molecule has 0 aliphatic rings. The Bertz CT molecular complexity index is 758. The van der Waals surface area contributed by atoms with Crippen LogP contribution < -0.4 is 11.1 Å². The maximum Gasteiger partial charge on any atom is 0.311 e. The number of nitrogen functional groups attached to an aromatic ring is 1. The minimum absolute atomic E-state index is 0.0865. The summed E-state index contributed by atoms with van der Waals surface area (Å²) in [6, 6.07) is 2.46. The SMILES string of the molecule is CCc1nn(C)c(C(=O)Nc2ccc([N+](=O)[O-])c(N)n2)c1Cl. The molecule has 0 aliphatic carbocycles. The highest BCUT2D eigenvalue weighted by Crippen LogP contribution is 2.23. The lowest BCUT2D eigenvalue weighted by molar-refractivity contribution is -0.384. The highest BCUT2D eigenvalue weighted by atomic mass is 35.5. The molecule has 22 heavy (non-hydrogen) atoms. The molecule has 0 radical (unpaired) electrons. The van der Waals surface area contributed by atoms with Crippen LogP contribution in [0, 0.1) is 10.1 Å². The first kappa shape index (κ1) is 15.7. The number of pyridine rings is 1. The van der Waals surface area contributed by atoms with Gasteiger partial charge in [-0.2, -0.15) is 5.10 Å². The maximum absolute atomic E-state index is 12.2. The number of hydrogen-bond donors (Lipinski definition) is 2. The van der Waals surface area contributed by atoms with Gasteiger partial charge in [0.25, 0.3) is 5.91 Å². The van der Waals surface area contributed by atoms with E-state index in [1.165, 1.54) is 16.8 Å². The minimum atomic E-state index is -0.653. The van der Waals surface area contributed by atoms with Crippen LogP contribution in [-0.4, -0.2) is 25.6 Å². The third-order valence-corrected chi connectivity index (χ3v) is 3.34. The number of nitrogens with zero attached hydrogens (tertiary/aromatic N) is 4. The topological polar surface area (TPSA) is 129 Å². The molecule has 3 N–H and O–H groups in total. The van der Waals surface area contributed by atoms with Crippen molar-refractivity contribution < 1.29 is 9.72 Å². The van der Waals surface area contributed by atoms with Gasteiger partial charge in [0.15, 0.2) is 0 Å². The van der Waals surface area contributed by atoms with Crippen molar-refractivity contribution in [2.45, 2.75) is 13.3 Å². The van der Waals surface area contributed by atoms with Crippen molar-refractivity contribution >= 4 is 34.8 Å². The van der Waals surface area contributed by atoms with Crippen LogP contribution in [0.5, 0.6) is 0 Å². The summed E-state index contributed by atoms with van der Waals surface area (Å²) in [6.45, 7) is 1.87. The zero-order chi connectivity index (χ0) is 16.4. The monoisotopic (exact) mass is 324 g/mol. The van der Waals surface area contributed by atoms with E-state index < -0.39 is 10.8 Å². The molecule has 0 spiro atoms. The van der Waals surface area contributed by atoms with Gasteiger partial charge in [-0.25, -0.2) is 4.98 Å². The molecule has 9 nitrogen and oxygen atoms in total. The fourth-order valence-electron chi connectivity index (χ4n) is 1.89. The van der Waals surface area contributed by atoms with Crippen LogP contribution >= 0.6 is 11.6 Å². The van der Waals surface area contributed by atoms with Gasteiger partial charge in [0.1, 0.15) is 11.5 Å². The number of nitrogens with one attached hydrogen (secondary N) is 1. The molecule has 0 saturated heterocycles. The lowest BCUT2D eigenvalue weighted by Crippen LogP contribution is -2.17. The molecule has 2 aromatic rings. The van der Waals surface area contributed by atoms with Gasteiger partial charge < -0.3 is 11.1 Å². The number of aryl methyl sites for hydroxylation is 2. The van der Waals surface area contributed by atoms with Gasteiger partial charge in [-0.15, -0.1) is 0 Å². The smallest absolute Gasteiger partial charge is 0.311 e. The van der Waals surface area contributed by atoms with E-state index in [1.807, 2.05) is 6.92 Å². The van der Waals surface area contributed by atoms with Crippen LogP contribution in [0.3, 0.4) is 0 Å². The van der Waals surface area contributed by atoms with Crippen LogP contribution in [0.25, 0.3) is 0 Å². The molecule has 0 aromatic carbocycles. The second kappa shape index (κ2) is 5.98. The summed E-state index contributed by atoms with van der Waals surface area (Å²) in [5.74, 6) is -0.725. The molecular formula is C12H13ClN6O3. The van der Waals surface area contributed by atoms with Crippen molar-refractivity contribution in [3.8, 4) is 0 Å². The second-order valence-electron chi connectivity index (χ2n) is 4.40. The third kappa shape index (κ3) is 2.84. The van der Waals surface area contributed by atoms with E-state index in [-0.39, 0.29) is 28.0 Å². The van der Waals surface area contributed by atoms with Gasteiger partial charge in [-0.05, 0) is 12.5 Å².